The number of aryl methyl sites for hydroxylation is 2. The SMILES string of the molecule is CCOC(=O)[C@@H](C)Oc1ccccc1/C=N/NC(=O)c1ccc(COc2ccc(-n3c(C)ccc3C)cc2)o1. The van der Waals surface area contributed by atoms with E-state index in [0.29, 0.717) is 22.8 Å². The summed E-state index contributed by atoms with van der Waals surface area (Å²) in [4.78, 5) is 24.4. The first-order valence-electron chi connectivity index (χ1n) is 12.6. The van der Waals surface area contributed by atoms with Crippen molar-refractivity contribution in [3.63, 3.8) is 0 Å². The van der Waals surface area contributed by atoms with Gasteiger partial charge in [-0.1, -0.05) is 12.1 Å². The zero-order chi connectivity index (χ0) is 27.8. The Hall–Kier alpha value is -4.79. The van der Waals surface area contributed by atoms with Crippen LogP contribution >= 0.6 is 0 Å². The van der Waals surface area contributed by atoms with Crippen LogP contribution in [0.1, 0.15) is 47.1 Å². The molecule has 0 spiro atoms. The van der Waals surface area contributed by atoms with Gasteiger partial charge >= 0.3 is 11.9 Å². The molecule has 9 heteroatoms. The number of ether oxygens (including phenoxy) is 3. The van der Waals surface area contributed by atoms with Gasteiger partial charge in [0.25, 0.3) is 0 Å². The number of amides is 1. The highest BCUT2D eigenvalue weighted by Gasteiger charge is 2.17. The van der Waals surface area contributed by atoms with E-state index >= 15 is 0 Å². The van der Waals surface area contributed by atoms with E-state index in [1.165, 1.54) is 6.21 Å². The zero-order valence-corrected chi connectivity index (χ0v) is 22.3. The van der Waals surface area contributed by atoms with Crippen LogP contribution in [-0.4, -0.2) is 35.4 Å². The summed E-state index contributed by atoms with van der Waals surface area (Å²) in [6.45, 7) is 7.90. The third-order valence-electron chi connectivity index (χ3n) is 5.84. The van der Waals surface area contributed by atoms with Gasteiger partial charge in [-0.05, 0) is 88.4 Å². The smallest absolute Gasteiger partial charge is 0.347 e. The Balaban J connectivity index is 1.30. The number of carbonyl (C=O) groups is 2. The van der Waals surface area contributed by atoms with Crippen LogP contribution in [0.2, 0.25) is 0 Å². The summed E-state index contributed by atoms with van der Waals surface area (Å²) < 4.78 is 24.3. The van der Waals surface area contributed by atoms with Gasteiger partial charge in [-0.15, -0.1) is 0 Å². The molecule has 0 aliphatic carbocycles. The van der Waals surface area contributed by atoms with Crippen LogP contribution in [0.3, 0.4) is 0 Å². The average molecular weight is 530 g/mol. The number of nitrogens with zero attached hydrogens (tertiary/aromatic N) is 2. The second-order valence-corrected chi connectivity index (χ2v) is 8.75. The van der Waals surface area contributed by atoms with E-state index in [2.05, 4.69) is 41.1 Å². The predicted molar refractivity (Wildman–Crippen MR) is 147 cm³/mol. The van der Waals surface area contributed by atoms with Crippen LogP contribution in [0.4, 0.5) is 0 Å². The van der Waals surface area contributed by atoms with E-state index in [-0.39, 0.29) is 19.0 Å². The van der Waals surface area contributed by atoms with Crippen LogP contribution < -0.4 is 14.9 Å². The van der Waals surface area contributed by atoms with E-state index in [9.17, 15) is 9.59 Å². The number of hydrazone groups is 1. The van der Waals surface area contributed by atoms with Crippen molar-refractivity contribution >= 4 is 18.1 Å². The Labute approximate surface area is 227 Å². The molecule has 0 aliphatic rings. The standard InChI is InChI=1S/C30H31N3O6/c1-5-36-30(35)22(4)38-27-9-7-6-8-23(27)18-31-32-29(34)28-17-16-26(39-28)19-37-25-14-12-24(13-15-25)33-20(2)10-11-21(33)3/h6-18,22H,5,19H2,1-4H3,(H,32,34)/b31-18+/t22-/m1/s1. The molecule has 2 aromatic heterocycles. The molecule has 1 N–H and O–H groups in total. The van der Waals surface area contributed by atoms with Crippen LogP contribution in [0, 0.1) is 13.8 Å². The lowest BCUT2D eigenvalue weighted by atomic mass is 10.2. The van der Waals surface area contributed by atoms with Gasteiger partial charge in [-0.25, -0.2) is 10.2 Å². The minimum Gasteiger partial charge on any atom is -0.486 e. The first-order chi connectivity index (χ1) is 18.9. The monoisotopic (exact) mass is 529 g/mol. The fourth-order valence-corrected chi connectivity index (χ4v) is 3.91. The Morgan fingerprint density at radius 1 is 1.00 bits per heavy atom. The number of hydrogen-bond donors (Lipinski definition) is 1. The van der Waals surface area contributed by atoms with Crippen LogP contribution in [0.15, 0.2) is 82.3 Å². The number of esters is 1. The number of hydrogen-bond acceptors (Lipinski definition) is 7. The first-order valence-corrected chi connectivity index (χ1v) is 12.6. The molecule has 4 rings (SSSR count). The molecular weight excluding hydrogens is 498 g/mol. The van der Waals surface area contributed by atoms with Gasteiger partial charge in [-0.2, -0.15) is 5.10 Å². The van der Waals surface area contributed by atoms with Gasteiger partial charge in [0, 0.05) is 22.6 Å². The first kappa shape index (κ1) is 27.3. The fourth-order valence-electron chi connectivity index (χ4n) is 3.91. The minimum absolute atomic E-state index is 0.0973. The molecule has 2 aromatic carbocycles. The average Bonchev–Trinajstić information content (AvgIpc) is 3.55. The van der Waals surface area contributed by atoms with Crippen LogP contribution in [-0.2, 0) is 16.1 Å². The molecule has 1 atom stereocenters. The second-order valence-electron chi connectivity index (χ2n) is 8.75. The summed E-state index contributed by atoms with van der Waals surface area (Å²) in [6, 6.07) is 22.2. The number of nitrogens with one attached hydrogen (secondary N) is 1. The van der Waals surface area contributed by atoms with E-state index in [0.717, 1.165) is 17.1 Å². The summed E-state index contributed by atoms with van der Waals surface area (Å²) in [7, 11) is 0. The van der Waals surface area contributed by atoms with E-state index in [1.54, 1.807) is 50.2 Å². The number of furan rings is 1. The summed E-state index contributed by atoms with van der Waals surface area (Å²) in [6.07, 6.45) is 0.641. The largest absolute Gasteiger partial charge is 0.486 e. The van der Waals surface area contributed by atoms with Gasteiger partial charge in [0.15, 0.2) is 11.9 Å². The van der Waals surface area contributed by atoms with E-state index in [4.69, 9.17) is 18.6 Å². The number of carbonyl (C=O) groups excluding carboxylic acids is 2. The molecule has 2 heterocycles. The van der Waals surface area contributed by atoms with Gasteiger partial charge < -0.3 is 23.2 Å². The second kappa shape index (κ2) is 12.6. The molecule has 0 saturated carbocycles. The van der Waals surface area contributed by atoms with Crippen molar-refractivity contribution in [1.82, 2.24) is 9.99 Å². The van der Waals surface area contributed by atoms with E-state index in [1.807, 2.05) is 24.3 Å². The maximum absolute atomic E-state index is 12.5. The van der Waals surface area contributed by atoms with Crippen molar-refractivity contribution < 1.29 is 28.2 Å². The fraction of sp³-hybridized carbons (Fsp3) is 0.233. The Morgan fingerprint density at radius 3 is 2.44 bits per heavy atom. The van der Waals surface area contributed by atoms with Crippen LogP contribution in [0.5, 0.6) is 11.5 Å². The summed E-state index contributed by atoms with van der Waals surface area (Å²) in [5, 5.41) is 4.00. The highest BCUT2D eigenvalue weighted by molar-refractivity contribution is 5.92. The summed E-state index contributed by atoms with van der Waals surface area (Å²) >= 11 is 0. The van der Waals surface area contributed by atoms with Crippen molar-refractivity contribution in [1.29, 1.82) is 0 Å². The molecule has 0 fully saturated rings. The highest BCUT2D eigenvalue weighted by Crippen LogP contribution is 2.21. The number of rotatable bonds is 11. The van der Waals surface area contributed by atoms with Crippen LogP contribution in [0.25, 0.3) is 5.69 Å². The Bertz CT molecular complexity index is 1430. The molecule has 0 aliphatic heterocycles. The van der Waals surface area contributed by atoms with Crippen molar-refractivity contribution in [3.05, 3.63) is 101 Å². The molecule has 1 amide bonds. The van der Waals surface area contributed by atoms with Gasteiger partial charge in [0.1, 0.15) is 23.9 Å². The normalized spacial score (nSPS) is 11.8. The summed E-state index contributed by atoms with van der Waals surface area (Å²) in [5.41, 5.74) is 6.39. The zero-order valence-electron chi connectivity index (χ0n) is 22.3. The topological polar surface area (TPSA) is 104 Å². The molecule has 0 bridgehead atoms. The van der Waals surface area contributed by atoms with Crippen molar-refractivity contribution in [3.8, 4) is 17.2 Å². The molecule has 4 aromatic rings. The third kappa shape index (κ3) is 6.95. The number of para-hydroxylation sites is 1. The minimum atomic E-state index is -0.788. The number of aromatic nitrogens is 1. The summed E-state index contributed by atoms with van der Waals surface area (Å²) in [5.74, 6) is 0.732. The molecule has 39 heavy (non-hydrogen) atoms. The predicted octanol–water partition coefficient (Wildman–Crippen LogP) is 5.36. The molecular formula is C30H31N3O6. The van der Waals surface area contributed by atoms with Crippen molar-refractivity contribution in [2.24, 2.45) is 5.10 Å². The van der Waals surface area contributed by atoms with Gasteiger partial charge in [0.05, 0.1) is 12.8 Å². The molecule has 9 nitrogen and oxygen atoms in total. The quantitative estimate of drug-likeness (QED) is 0.159. The van der Waals surface area contributed by atoms with Crippen molar-refractivity contribution in [2.45, 2.75) is 40.4 Å². The Kier molecular flexibility index (Phi) is 8.83. The lowest BCUT2D eigenvalue weighted by Crippen LogP contribution is -2.26. The maximum Gasteiger partial charge on any atom is 0.347 e. The molecule has 0 radical (unpaired) electrons. The van der Waals surface area contributed by atoms with Gasteiger partial charge in [0.2, 0.25) is 0 Å². The molecule has 0 saturated heterocycles. The lowest BCUT2D eigenvalue weighted by molar-refractivity contribution is -0.150. The van der Waals surface area contributed by atoms with E-state index < -0.39 is 18.0 Å². The van der Waals surface area contributed by atoms with Crippen molar-refractivity contribution in [2.75, 3.05) is 6.61 Å². The molecule has 202 valence electrons. The maximum atomic E-state index is 12.5. The molecule has 0 unspecified atom stereocenters. The van der Waals surface area contributed by atoms with Gasteiger partial charge in [-0.3, -0.25) is 4.79 Å². The lowest BCUT2D eigenvalue weighted by Gasteiger charge is -2.14. The Morgan fingerprint density at radius 2 is 1.72 bits per heavy atom. The third-order valence-corrected chi connectivity index (χ3v) is 5.84. The number of benzene rings is 2. The highest BCUT2D eigenvalue weighted by atomic mass is 16.6.